The van der Waals surface area contributed by atoms with Crippen LogP contribution < -0.4 is 5.32 Å². The Morgan fingerprint density at radius 2 is 1.79 bits per heavy atom. The third-order valence-corrected chi connectivity index (χ3v) is 4.14. The van der Waals surface area contributed by atoms with Crippen LogP contribution >= 0.6 is 0 Å². The van der Waals surface area contributed by atoms with Crippen molar-refractivity contribution >= 4 is 0 Å². The van der Waals surface area contributed by atoms with Gasteiger partial charge in [-0.25, -0.2) is 0 Å². The Bertz CT molecular complexity index is 397. The second-order valence-electron chi connectivity index (χ2n) is 5.52. The Morgan fingerprint density at radius 3 is 2.37 bits per heavy atom. The molecule has 1 aromatic rings. The number of nitrogens with one attached hydrogen (secondary N) is 1. The van der Waals surface area contributed by atoms with Gasteiger partial charge in [-0.1, -0.05) is 24.3 Å². The van der Waals surface area contributed by atoms with Crippen molar-refractivity contribution in [3.8, 4) is 0 Å². The van der Waals surface area contributed by atoms with Crippen LogP contribution in [0.5, 0.6) is 0 Å². The number of benzene rings is 1. The number of hydrogen-bond donors (Lipinski definition) is 1. The first-order valence-electron chi connectivity index (χ1n) is 7.02. The van der Waals surface area contributed by atoms with E-state index < -0.39 is 0 Å². The molecule has 3 heteroatoms. The minimum Gasteiger partial charge on any atom is -0.354 e. The first kappa shape index (κ1) is 14.5. The summed E-state index contributed by atoms with van der Waals surface area (Å²) in [5.41, 5.74) is 2.91. The van der Waals surface area contributed by atoms with Crippen LogP contribution in [-0.4, -0.2) is 32.6 Å². The Labute approximate surface area is 116 Å². The molecule has 0 aromatic heterocycles. The fourth-order valence-electron chi connectivity index (χ4n) is 3.01. The van der Waals surface area contributed by atoms with E-state index >= 15 is 0 Å². The SMILES string of the molecule is COC(OC)C(C)NC1CC(c2ccccc2C)C1. The summed E-state index contributed by atoms with van der Waals surface area (Å²) in [6.07, 6.45) is 2.24. The molecule has 1 saturated carbocycles. The van der Waals surface area contributed by atoms with Gasteiger partial charge in [-0.15, -0.1) is 0 Å². The van der Waals surface area contributed by atoms with Gasteiger partial charge in [0.1, 0.15) is 0 Å². The predicted molar refractivity (Wildman–Crippen MR) is 77.3 cm³/mol. The molecular weight excluding hydrogens is 238 g/mol. The molecule has 1 atom stereocenters. The van der Waals surface area contributed by atoms with Gasteiger partial charge >= 0.3 is 0 Å². The Hall–Kier alpha value is -0.900. The topological polar surface area (TPSA) is 30.5 Å². The maximum Gasteiger partial charge on any atom is 0.171 e. The van der Waals surface area contributed by atoms with E-state index in [0.717, 1.165) is 0 Å². The quantitative estimate of drug-likeness (QED) is 0.801. The molecule has 0 radical (unpaired) electrons. The summed E-state index contributed by atoms with van der Waals surface area (Å²) < 4.78 is 10.6. The van der Waals surface area contributed by atoms with Crippen molar-refractivity contribution in [1.29, 1.82) is 0 Å². The summed E-state index contributed by atoms with van der Waals surface area (Å²) in [4.78, 5) is 0. The summed E-state index contributed by atoms with van der Waals surface area (Å²) in [6, 6.07) is 9.50. The molecule has 1 N–H and O–H groups in total. The molecule has 106 valence electrons. The lowest BCUT2D eigenvalue weighted by molar-refractivity contribution is -0.122. The highest BCUT2D eigenvalue weighted by Crippen LogP contribution is 2.38. The molecule has 0 aliphatic heterocycles. The average Bonchev–Trinajstić information content (AvgIpc) is 2.36. The molecular formula is C16H25NO2. The van der Waals surface area contributed by atoms with Gasteiger partial charge in [0.25, 0.3) is 0 Å². The fourth-order valence-corrected chi connectivity index (χ4v) is 3.01. The molecule has 1 unspecified atom stereocenters. The van der Waals surface area contributed by atoms with Crippen LogP contribution in [0.1, 0.15) is 36.8 Å². The minimum atomic E-state index is -0.169. The number of ether oxygens (including phenoxy) is 2. The second kappa shape index (κ2) is 6.51. The van der Waals surface area contributed by atoms with Crippen molar-refractivity contribution < 1.29 is 9.47 Å². The van der Waals surface area contributed by atoms with Crippen LogP contribution in [0, 0.1) is 6.92 Å². The van der Waals surface area contributed by atoms with Gasteiger partial charge in [-0.3, -0.25) is 0 Å². The van der Waals surface area contributed by atoms with Gasteiger partial charge in [0.2, 0.25) is 0 Å². The number of rotatable bonds is 6. The molecule has 0 saturated heterocycles. The zero-order chi connectivity index (χ0) is 13.8. The zero-order valence-electron chi connectivity index (χ0n) is 12.3. The number of hydrogen-bond acceptors (Lipinski definition) is 3. The van der Waals surface area contributed by atoms with Gasteiger partial charge in [0.05, 0.1) is 6.04 Å². The van der Waals surface area contributed by atoms with E-state index in [9.17, 15) is 0 Å². The molecule has 0 spiro atoms. The van der Waals surface area contributed by atoms with Gasteiger partial charge in [0.15, 0.2) is 6.29 Å². The normalized spacial score (nSPS) is 24.3. The molecule has 2 rings (SSSR count). The monoisotopic (exact) mass is 263 g/mol. The molecule has 0 heterocycles. The van der Waals surface area contributed by atoms with E-state index in [2.05, 4.69) is 43.4 Å². The summed E-state index contributed by atoms with van der Waals surface area (Å²) in [7, 11) is 3.37. The van der Waals surface area contributed by atoms with Crippen molar-refractivity contribution in [2.75, 3.05) is 14.2 Å². The minimum absolute atomic E-state index is 0.169. The largest absolute Gasteiger partial charge is 0.354 e. The highest BCUT2D eigenvalue weighted by molar-refractivity contribution is 5.31. The molecule has 1 aliphatic carbocycles. The van der Waals surface area contributed by atoms with E-state index in [4.69, 9.17) is 9.47 Å². The Kier molecular flexibility index (Phi) is 4.97. The number of methoxy groups -OCH3 is 2. The van der Waals surface area contributed by atoms with E-state index in [-0.39, 0.29) is 12.3 Å². The third kappa shape index (κ3) is 3.35. The van der Waals surface area contributed by atoms with Gasteiger partial charge in [0, 0.05) is 20.3 Å². The highest BCUT2D eigenvalue weighted by atomic mass is 16.7. The molecule has 1 fully saturated rings. The first-order chi connectivity index (χ1) is 9.15. The van der Waals surface area contributed by atoms with Gasteiger partial charge < -0.3 is 14.8 Å². The molecule has 19 heavy (non-hydrogen) atoms. The predicted octanol–water partition coefficient (Wildman–Crippen LogP) is 2.84. The lowest BCUT2D eigenvalue weighted by Gasteiger charge is -2.39. The van der Waals surface area contributed by atoms with E-state index in [1.54, 1.807) is 14.2 Å². The summed E-state index contributed by atoms with van der Waals surface area (Å²) in [5, 5.41) is 3.59. The summed E-state index contributed by atoms with van der Waals surface area (Å²) in [6.45, 7) is 4.31. The van der Waals surface area contributed by atoms with Crippen LogP contribution in [0.2, 0.25) is 0 Å². The highest BCUT2D eigenvalue weighted by Gasteiger charge is 2.32. The lowest BCUT2D eigenvalue weighted by Crippen LogP contribution is -2.49. The van der Waals surface area contributed by atoms with E-state index in [0.29, 0.717) is 12.0 Å². The molecule has 1 aliphatic rings. The van der Waals surface area contributed by atoms with Crippen LogP contribution in [0.3, 0.4) is 0 Å². The van der Waals surface area contributed by atoms with E-state index in [1.165, 1.54) is 24.0 Å². The lowest BCUT2D eigenvalue weighted by atomic mass is 9.74. The maximum atomic E-state index is 5.28. The number of aryl methyl sites for hydroxylation is 1. The van der Waals surface area contributed by atoms with E-state index in [1.807, 2.05) is 0 Å². The fraction of sp³-hybridized carbons (Fsp3) is 0.625. The molecule has 1 aromatic carbocycles. The Balaban J connectivity index is 1.82. The smallest absolute Gasteiger partial charge is 0.171 e. The average molecular weight is 263 g/mol. The van der Waals surface area contributed by atoms with Crippen molar-refractivity contribution in [1.82, 2.24) is 5.32 Å². The summed E-state index contributed by atoms with van der Waals surface area (Å²) in [5.74, 6) is 0.703. The van der Waals surface area contributed by atoms with Crippen LogP contribution in [-0.2, 0) is 9.47 Å². The van der Waals surface area contributed by atoms with Crippen molar-refractivity contribution in [3.05, 3.63) is 35.4 Å². The van der Waals surface area contributed by atoms with Crippen molar-refractivity contribution in [3.63, 3.8) is 0 Å². The maximum absolute atomic E-state index is 5.28. The van der Waals surface area contributed by atoms with Crippen molar-refractivity contribution in [2.45, 2.75) is 51.0 Å². The standard InChI is InChI=1S/C16H25NO2/c1-11-7-5-6-8-15(11)13-9-14(10-13)17-12(2)16(18-3)19-4/h5-8,12-14,16-17H,9-10H2,1-4H3. The second-order valence-corrected chi connectivity index (χ2v) is 5.52. The third-order valence-electron chi connectivity index (χ3n) is 4.14. The van der Waals surface area contributed by atoms with Gasteiger partial charge in [-0.2, -0.15) is 0 Å². The molecule has 3 nitrogen and oxygen atoms in total. The van der Waals surface area contributed by atoms with Crippen molar-refractivity contribution in [2.24, 2.45) is 0 Å². The van der Waals surface area contributed by atoms with Crippen LogP contribution in [0.4, 0.5) is 0 Å². The molecule has 0 amide bonds. The zero-order valence-corrected chi connectivity index (χ0v) is 12.3. The van der Waals surface area contributed by atoms with Gasteiger partial charge in [-0.05, 0) is 43.7 Å². The van der Waals surface area contributed by atoms with Crippen LogP contribution in [0.25, 0.3) is 0 Å². The van der Waals surface area contributed by atoms with Crippen LogP contribution in [0.15, 0.2) is 24.3 Å². The first-order valence-corrected chi connectivity index (χ1v) is 7.02. The molecule has 0 bridgehead atoms. The summed E-state index contributed by atoms with van der Waals surface area (Å²) >= 11 is 0. The Morgan fingerprint density at radius 1 is 1.16 bits per heavy atom.